The summed E-state index contributed by atoms with van der Waals surface area (Å²) in [7, 11) is 2.15. The van der Waals surface area contributed by atoms with E-state index in [2.05, 4.69) is 30.8 Å². The van der Waals surface area contributed by atoms with Crippen LogP contribution >= 0.6 is 0 Å². The predicted molar refractivity (Wildman–Crippen MR) is 56.7 cm³/mol. The SMILES string of the molecule is C=CCNC1(CN)CC(C)N(C)C1. The van der Waals surface area contributed by atoms with Crippen LogP contribution in [-0.4, -0.2) is 43.2 Å². The van der Waals surface area contributed by atoms with Crippen LogP contribution in [0.5, 0.6) is 0 Å². The van der Waals surface area contributed by atoms with Gasteiger partial charge in [0, 0.05) is 31.2 Å². The van der Waals surface area contributed by atoms with Crippen molar-refractivity contribution in [2.75, 3.05) is 26.7 Å². The monoisotopic (exact) mass is 183 g/mol. The highest BCUT2D eigenvalue weighted by atomic mass is 15.2. The molecule has 76 valence electrons. The van der Waals surface area contributed by atoms with Crippen LogP contribution in [-0.2, 0) is 0 Å². The normalized spacial score (nSPS) is 35.2. The zero-order valence-electron chi connectivity index (χ0n) is 8.71. The summed E-state index contributed by atoms with van der Waals surface area (Å²) >= 11 is 0. The zero-order chi connectivity index (χ0) is 9.90. The van der Waals surface area contributed by atoms with Crippen molar-refractivity contribution < 1.29 is 0 Å². The average Bonchev–Trinajstić information content (AvgIpc) is 2.40. The number of rotatable bonds is 4. The first kappa shape index (κ1) is 10.7. The summed E-state index contributed by atoms with van der Waals surface area (Å²) in [5.41, 5.74) is 5.92. The predicted octanol–water partition coefficient (Wildman–Crippen LogP) is 0.184. The van der Waals surface area contributed by atoms with Crippen molar-refractivity contribution in [1.29, 1.82) is 0 Å². The summed E-state index contributed by atoms with van der Waals surface area (Å²) < 4.78 is 0. The van der Waals surface area contributed by atoms with Crippen LogP contribution in [0.25, 0.3) is 0 Å². The molecule has 0 bridgehead atoms. The van der Waals surface area contributed by atoms with E-state index in [0.29, 0.717) is 12.6 Å². The molecule has 3 heteroatoms. The van der Waals surface area contributed by atoms with Gasteiger partial charge in [-0.15, -0.1) is 6.58 Å². The van der Waals surface area contributed by atoms with Crippen LogP contribution in [0.4, 0.5) is 0 Å². The fourth-order valence-corrected chi connectivity index (χ4v) is 2.06. The van der Waals surface area contributed by atoms with Gasteiger partial charge in [0.05, 0.1) is 0 Å². The van der Waals surface area contributed by atoms with Gasteiger partial charge in [0.25, 0.3) is 0 Å². The molecule has 0 aliphatic carbocycles. The van der Waals surface area contributed by atoms with Gasteiger partial charge in [-0.25, -0.2) is 0 Å². The van der Waals surface area contributed by atoms with Crippen molar-refractivity contribution in [3.63, 3.8) is 0 Å². The molecule has 2 unspecified atom stereocenters. The number of hydrogen-bond acceptors (Lipinski definition) is 3. The molecule has 13 heavy (non-hydrogen) atoms. The topological polar surface area (TPSA) is 41.3 Å². The minimum Gasteiger partial charge on any atom is -0.329 e. The summed E-state index contributed by atoms with van der Waals surface area (Å²) in [5.74, 6) is 0. The lowest BCUT2D eigenvalue weighted by molar-refractivity contribution is 0.305. The molecule has 3 N–H and O–H groups in total. The van der Waals surface area contributed by atoms with Crippen molar-refractivity contribution in [1.82, 2.24) is 10.2 Å². The quantitative estimate of drug-likeness (QED) is 0.611. The summed E-state index contributed by atoms with van der Waals surface area (Å²) in [4.78, 5) is 2.35. The maximum Gasteiger partial charge on any atom is 0.0449 e. The molecule has 1 fully saturated rings. The number of hydrogen-bond donors (Lipinski definition) is 2. The van der Waals surface area contributed by atoms with Gasteiger partial charge in [0.15, 0.2) is 0 Å². The Morgan fingerprint density at radius 3 is 2.85 bits per heavy atom. The summed E-state index contributed by atoms with van der Waals surface area (Å²) in [5, 5.41) is 3.47. The maximum atomic E-state index is 5.81. The molecule has 1 aliphatic rings. The maximum absolute atomic E-state index is 5.81. The van der Waals surface area contributed by atoms with E-state index in [0.717, 1.165) is 19.5 Å². The average molecular weight is 183 g/mol. The van der Waals surface area contributed by atoms with Crippen molar-refractivity contribution in [2.45, 2.75) is 24.9 Å². The molecule has 1 aliphatic heterocycles. The first-order valence-electron chi connectivity index (χ1n) is 4.90. The second-order valence-corrected chi connectivity index (χ2v) is 4.12. The molecule has 0 spiro atoms. The van der Waals surface area contributed by atoms with Crippen LogP contribution in [0.15, 0.2) is 12.7 Å². The highest BCUT2D eigenvalue weighted by Gasteiger charge is 2.38. The lowest BCUT2D eigenvalue weighted by atomic mass is 9.96. The third-order valence-corrected chi connectivity index (χ3v) is 3.00. The lowest BCUT2D eigenvalue weighted by Gasteiger charge is -2.28. The molecule has 1 rings (SSSR count). The Hall–Kier alpha value is -0.380. The third kappa shape index (κ3) is 2.30. The molecule has 0 aromatic carbocycles. The van der Waals surface area contributed by atoms with E-state index in [1.165, 1.54) is 0 Å². The van der Waals surface area contributed by atoms with E-state index in [-0.39, 0.29) is 5.54 Å². The Bertz CT molecular complexity index is 169. The van der Waals surface area contributed by atoms with E-state index < -0.39 is 0 Å². The molecular formula is C10H21N3. The number of likely N-dealkylation sites (N-methyl/N-ethyl adjacent to an activating group) is 1. The first-order chi connectivity index (χ1) is 6.13. The van der Waals surface area contributed by atoms with Crippen LogP contribution in [0.2, 0.25) is 0 Å². The molecule has 1 heterocycles. The van der Waals surface area contributed by atoms with E-state index >= 15 is 0 Å². The zero-order valence-corrected chi connectivity index (χ0v) is 8.71. The largest absolute Gasteiger partial charge is 0.329 e. The minimum atomic E-state index is 0.113. The van der Waals surface area contributed by atoms with Crippen molar-refractivity contribution >= 4 is 0 Å². The second kappa shape index (κ2) is 4.22. The first-order valence-corrected chi connectivity index (χ1v) is 4.90. The van der Waals surface area contributed by atoms with Crippen LogP contribution in [0.1, 0.15) is 13.3 Å². The minimum absolute atomic E-state index is 0.113. The van der Waals surface area contributed by atoms with Crippen LogP contribution in [0.3, 0.4) is 0 Å². The summed E-state index contributed by atoms with van der Waals surface area (Å²) in [6.07, 6.45) is 3.02. The molecular weight excluding hydrogens is 162 g/mol. The summed E-state index contributed by atoms with van der Waals surface area (Å²) in [6, 6.07) is 0.626. The molecule has 2 atom stereocenters. The molecule has 0 radical (unpaired) electrons. The molecule has 0 saturated carbocycles. The Morgan fingerprint density at radius 2 is 2.46 bits per heavy atom. The van der Waals surface area contributed by atoms with E-state index in [1.54, 1.807) is 0 Å². The number of nitrogens with zero attached hydrogens (tertiary/aromatic N) is 1. The molecule has 0 aromatic heterocycles. The van der Waals surface area contributed by atoms with Crippen LogP contribution in [0, 0.1) is 0 Å². The van der Waals surface area contributed by atoms with Crippen molar-refractivity contribution in [3.8, 4) is 0 Å². The number of likely N-dealkylation sites (tertiary alicyclic amines) is 1. The number of nitrogens with one attached hydrogen (secondary N) is 1. The van der Waals surface area contributed by atoms with Gasteiger partial charge >= 0.3 is 0 Å². The van der Waals surface area contributed by atoms with Gasteiger partial charge in [-0.3, -0.25) is 0 Å². The highest BCUT2D eigenvalue weighted by Crippen LogP contribution is 2.24. The molecule has 1 saturated heterocycles. The molecule has 0 aromatic rings. The molecule has 0 amide bonds. The van der Waals surface area contributed by atoms with Gasteiger partial charge in [-0.1, -0.05) is 6.08 Å². The Morgan fingerprint density at radius 1 is 1.77 bits per heavy atom. The van der Waals surface area contributed by atoms with Gasteiger partial charge in [0.2, 0.25) is 0 Å². The van der Waals surface area contributed by atoms with Crippen molar-refractivity contribution in [3.05, 3.63) is 12.7 Å². The Kier molecular flexibility index (Phi) is 3.47. The Labute approximate surface area is 81.0 Å². The molecule has 3 nitrogen and oxygen atoms in total. The van der Waals surface area contributed by atoms with Gasteiger partial charge in [-0.2, -0.15) is 0 Å². The van der Waals surface area contributed by atoms with Gasteiger partial charge < -0.3 is 16.0 Å². The van der Waals surface area contributed by atoms with Crippen LogP contribution < -0.4 is 11.1 Å². The van der Waals surface area contributed by atoms with Gasteiger partial charge in [-0.05, 0) is 20.4 Å². The highest BCUT2D eigenvalue weighted by molar-refractivity contribution is 5.01. The fraction of sp³-hybridized carbons (Fsp3) is 0.800. The third-order valence-electron chi connectivity index (χ3n) is 3.00. The standard InChI is InChI=1S/C10H21N3/c1-4-5-12-10(7-11)6-9(2)13(3)8-10/h4,9,12H,1,5-8,11H2,2-3H3. The van der Waals surface area contributed by atoms with E-state index in [9.17, 15) is 0 Å². The van der Waals surface area contributed by atoms with E-state index in [1.807, 2.05) is 6.08 Å². The second-order valence-electron chi connectivity index (χ2n) is 4.12. The Balaban J connectivity index is 2.56. The lowest BCUT2D eigenvalue weighted by Crippen LogP contribution is -2.52. The number of nitrogens with two attached hydrogens (primary N) is 1. The van der Waals surface area contributed by atoms with E-state index in [4.69, 9.17) is 5.73 Å². The smallest absolute Gasteiger partial charge is 0.0449 e. The fourth-order valence-electron chi connectivity index (χ4n) is 2.06. The summed E-state index contributed by atoms with van der Waals surface area (Å²) in [6.45, 7) is 8.54. The van der Waals surface area contributed by atoms with Gasteiger partial charge in [0.1, 0.15) is 0 Å². The van der Waals surface area contributed by atoms with Crippen molar-refractivity contribution in [2.24, 2.45) is 5.73 Å².